The number of ether oxygens (including phenoxy) is 1. The number of aromatic nitrogens is 3. The third-order valence-corrected chi connectivity index (χ3v) is 6.14. The molecule has 1 amide bonds. The van der Waals surface area contributed by atoms with Gasteiger partial charge in [0.05, 0.1) is 13.1 Å². The highest BCUT2D eigenvalue weighted by molar-refractivity contribution is 6.03. The predicted molar refractivity (Wildman–Crippen MR) is 134 cm³/mol. The lowest BCUT2D eigenvalue weighted by molar-refractivity contribution is 0.0925. The molecule has 4 aromatic rings. The number of fused-ring (bicyclic) bond motifs is 1. The topological polar surface area (TPSA) is 73.4 Å². The van der Waals surface area contributed by atoms with Gasteiger partial charge in [-0.2, -0.15) is 5.10 Å². The summed E-state index contributed by atoms with van der Waals surface area (Å²) >= 11 is 0. The van der Waals surface area contributed by atoms with Gasteiger partial charge in [-0.15, -0.1) is 0 Å². The summed E-state index contributed by atoms with van der Waals surface area (Å²) in [6, 6.07) is 17.5. The molecule has 3 heterocycles. The highest BCUT2D eigenvalue weighted by atomic mass is 16.5. The highest BCUT2D eigenvalue weighted by Crippen LogP contribution is 2.39. The van der Waals surface area contributed by atoms with Gasteiger partial charge in [-0.25, -0.2) is 4.85 Å². The van der Waals surface area contributed by atoms with Crippen molar-refractivity contribution in [3.63, 3.8) is 0 Å². The maximum atomic E-state index is 12.8. The number of rotatable bonds is 6. The second-order valence-electron chi connectivity index (χ2n) is 8.77. The molecule has 174 valence electrons. The zero-order chi connectivity index (χ0) is 24.4. The minimum atomic E-state index is -0.173. The van der Waals surface area contributed by atoms with E-state index in [0.29, 0.717) is 54.0 Å². The van der Waals surface area contributed by atoms with Crippen LogP contribution in [0.25, 0.3) is 27.2 Å². The number of benzene rings is 2. The van der Waals surface area contributed by atoms with E-state index in [2.05, 4.69) is 53.3 Å². The number of pyridine rings is 1. The minimum Gasteiger partial charge on any atom is -0.500 e. The smallest absolute Gasteiger partial charge is 0.270 e. The Morgan fingerprint density at radius 1 is 1.09 bits per heavy atom. The monoisotopic (exact) mass is 463 g/mol. The summed E-state index contributed by atoms with van der Waals surface area (Å²) in [7, 11) is 0. The van der Waals surface area contributed by atoms with Gasteiger partial charge in [0.1, 0.15) is 23.7 Å². The first kappa shape index (κ1) is 22.4. The van der Waals surface area contributed by atoms with Crippen LogP contribution < -0.4 is 10.1 Å². The van der Waals surface area contributed by atoms with Crippen LogP contribution in [0.2, 0.25) is 0 Å². The lowest BCUT2D eigenvalue weighted by atomic mass is 9.98. The molecule has 5 rings (SSSR count). The molecule has 0 radical (unpaired) electrons. The van der Waals surface area contributed by atoms with E-state index >= 15 is 0 Å². The summed E-state index contributed by atoms with van der Waals surface area (Å²) in [5, 5.41) is 7.65. The van der Waals surface area contributed by atoms with Gasteiger partial charge in [-0.05, 0) is 46.9 Å². The maximum absolute atomic E-state index is 12.8. The quantitative estimate of drug-likeness (QED) is 0.377. The number of amides is 1. The first-order valence-corrected chi connectivity index (χ1v) is 11.6. The third kappa shape index (κ3) is 4.38. The summed E-state index contributed by atoms with van der Waals surface area (Å²) in [4.78, 5) is 20.6. The van der Waals surface area contributed by atoms with Crippen molar-refractivity contribution in [1.29, 1.82) is 0 Å². The number of nitrogens with one attached hydrogen (secondary N) is 1. The number of carbonyl (C=O) groups excluding carboxylic acids is 1. The Kier molecular flexibility index (Phi) is 6.02. The van der Waals surface area contributed by atoms with Crippen molar-refractivity contribution in [1.82, 2.24) is 20.1 Å². The van der Waals surface area contributed by atoms with Crippen LogP contribution in [-0.2, 0) is 13.2 Å². The molecule has 7 heteroatoms. The Balaban J connectivity index is 1.50. The average Bonchev–Trinajstić information content (AvgIpc) is 3.29. The summed E-state index contributed by atoms with van der Waals surface area (Å²) in [6.07, 6.45) is 3.40. The van der Waals surface area contributed by atoms with E-state index < -0.39 is 0 Å². The van der Waals surface area contributed by atoms with E-state index in [9.17, 15) is 4.79 Å². The van der Waals surface area contributed by atoms with Crippen molar-refractivity contribution in [3.8, 4) is 28.1 Å². The van der Waals surface area contributed by atoms with E-state index in [0.717, 1.165) is 16.7 Å². The number of carbonyl (C=O) groups is 1. The van der Waals surface area contributed by atoms with E-state index in [1.54, 1.807) is 29.2 Å². The molecule has 7 nitrogen and oxygen atoms in total. The Labute approximate surface area is 204 Å². The highest BCUT2D eigenvalue weighted by Gasteiger charge is 2.28. The molecule has 0 unspecified atom stereocenters. The van der Waals surface area contributed by atoms with Crippen LogP contribution in [0.3, 0.4) is 0 Å². The summed E-state index contributed by atoms with van der Waals surface area (Å²) in [6.45, 7) is 13.6. The first-order valence-electron chi connectivity index (χ1n) is 11.6. The largest absolute Gasteiger partial charge is 0.500 e. The molecule has 1 N–H and O–H groups in total. The maximum Gasteiger partial charge on any atom is 0.270 e. The molecular weight excluding hydrogens is 438 g/mol. The molecule has 2 aromatic heterocycles. The molecule has 2 aromatic carbocycles. The molecule has 0 saturated heterocycles. The van der Waals surface area contributed by atoms with Crippen LogP contribution in [0.5, 0.6) is 5.75 Å². The molecule has 35 heavy (non-hydrogen) atoms. The normalized spacial score (nSPS) is 12.7. The Hall–Kier alpha value is -4.44. The van der Waals surface area contributed by atoms with Gasteiger partial charge in [0, 0.05) is 30.1 Å². The molecule has 1 aliphatic rings. The van der Waals surface area contributed by atoms with E-state index in [4.69, 9.17) is 16.4 Å². The van der Waals surface area contributed by atoms with Gasteiger partial charge in [0.25, 0.3) is 5.91 Å². The van der Waals surface area contributed by atoms with Crippen LogP contribution >= 0.6 is 0 Å². The Bertz CT molecular complexity index is 1420. The van der Waals surface area contributed by atoms with Gasteiger partial charge in [0.2, 0.25) is 5.69 Å². The molecule has 0 saturated carbocycles. The molecule has 0 atom stereocenters. The van der Waals surface area contributed by atoms with Crippen LogP contribution in [0, 0.1) is 6.57 Å². The van der Waals surface area contributed by atoms with Gasteiger partial charge in [-0.3, -0.25) is 14.5 Å². The lowest BCUT2D eigenvalue weighted by Gasteiger charge is -2.16. The third-order valence-electron chi connectivity index (χ3n) is 6.14. The molecule has 0 spiro atoms. The number of nitrogens with zero attached hydrogens (tertiary/aromatic N) is 4. The fourth-order valence-electron chi connectivity index (χ4n) is 4.24. The first-order chi connectivity index (χ1) is 17.0. The van der Waals surface area contributed by atoms with Crippen molar-refractivity contribution in [2.75, 3.05) is 6.54 Å². The molecular formula is C28H25N5O2. The van der Waals surface area contributed by atoms with Gasteiger partial charge >= 0.3 is 0 Å². The van der Waals surface area contributed by atoms with Crippen LogP contribution in [0.4, 0.5) is 5.69 Å². The second-order valence-corrected chi connectivity index (χ2v) is 8.77. The van der Waals surface area contributed by atoms with Gasteiger partial charge in [0.15, 0.2) is 0 Å². The average molecular weight is 464 g/mol. The summed E-state index contributed by atoms with van der Waals surface area (Å²) < 4.78 is 7.76. The van der Waals surface area contributed by atoms with E-state index in [1.807, 2.05) is 18.2 Å². The summed E-state index contributed by atoms with van der Waals surface area (Å²) in [5.41, 5.74) is 6.20. The second kappa shape index (κ2) is 9.43. The van der Waals surface area contributed by atoms with E-state index in [1.165, 1.54) is 5.56 Å². The molecule has 1 aliphatic heterocycles. The molecule has 0 aliphatic carbocycles. The van der Waals surface area contributed by atoms with Gasteiger partial charge in [-0.1, -0.05) is 44.2 Å². The molecule has 0 fully saturated rings. The minimum absolute atomic E-state index is 0.173. The number of hydrogen-bond acceptors (Lipinski definition) is 4. The fourth-order valence-corrected chi connectivity index (χ4v) is 4.24. The SMILES string of the molecule is [C-]#[N+]c1cc(-c2c(-c3ccncc3)nn3c2C(=O)NCC3)ccc1OCc1ccc(C(C)C)cc1. The predicted octanol–water partition coefficient (Wildman–Crippen LogP) is 5.61. The van der Waals surface area contributed by atoms with E-state index in [-0.39, 0.29) is 5.91 Å². The van der Waals surface area contributed by atoms with Gasteiger partial charge < -0.3 is 10.1 Å². The van der Waals surface area contributed by atoms with Crippen molar-refractivity contribution in [2.24, 2.45) is 0 Å². The summed E-state index contributed by atoms with van der Waals surface area (Å²) in [5.74, 6) is 0.807. The number of hydrogen-bond donors (Lipinski definition) is 1. The fraction of sp³-hybridized carbons (Fsp3) is 0.214. The standard InChI is InChI=1S/C28H25N5O2/c1-18(2)20-6-4-19(5-7-20)17-35-24-9-8-22(16-23(24)29-3)25-26(21-10-12-30-13-11-21)32-33-15-14-31-28(34)27(25)33/h4-13,16,18H,14-15,17H2,1-2H3,(H,31,34). The van der Waals surface area contributed by atoms with Crippen LogP contribution in [-0.4, -0.2) is 27.2 Å². The Morgan fingerprint density at radius 3 is 2.57 bits per heavy atom. The van der Waals surface area contributed by atoms with Crippen molar-refractivity contribution in [2.45, 2.75) is 32.9 Å². The van der Waals surface area contributed by atoms with Crippen molar-refractivity contribution < 1.29 is 9.53 Å². The lowest BCUT2D eigenvalue weighted by Crippen LogP contribution is -2.35. The van der Waals surface area contributed by atoms with Crippen LogP contribution in [0.15, 0.2) is 67.0 Å². The zero-order valence-corrected chi connectivity index (χ0v) is 19.7. The Morgan fingerprint density at radius 2 is 1.86 bits per heavy atom. The van der Waals surface area contributed by atoms with Crippen LogP contribution in [0.1, 0.15) is 41.4 Å². The van der Waals surface area contributed by atoms with Crippen molar-refractivity contribution >= 4 is 11.6 Å². The van der Waals surface area contributed by atoms with Crippen molar-refractivity contribution in [3.05, 3.63) is 95.2 Å². The molecule has 0 bridgehead atoms. The zero-order valence-electron chi connectivity index (χ0n) is 19.7.